The van der Waals surface area contributed by atoms with Crippen LogP contribution in [0.3, 0.4) is 0 Å². The molecule has 6 nitrogen and oxygen atoms in total. The van der Waals surface area contributed by atoms with Crippen LogP contribution in [-0.4, -0.2) is 39.2 Å². The molecule has 188 valence electrons. The van der Waals surface area contributed by atoms with E-state index in [-0.39, 0.29) is 22.9 Å². The molecule has 1 fully saturated rings. The van der Waals surface area contributed by atoms with Crippen LogP contribution in [0.4, 0.5) is 5.69 Å². The summed E-state index contributed by atoms with van der Waals surface area (Å²) in [7, 11) is 1.59. The van der Waals surface area contributed by atoms with Gasteiger partial charge < -0.3 is 19.8 Å². The van der Waals surface area contributed by atoms with Gasteiger partial charge in [-0.2, -0.15) is 0 Å². The molecule has 3 atom stereocenters. The number of benzene rings is 3. The van der Waals surface area contributed by atoms with E-state index in [0.29, 0.717) is 16.7 Å². The maximum atomic E-state index is 13.4. The summed E-state index contributed by atoms with van der Waals surface area (Å²) in [6, 6.07) is 25.2. The predicted octanol–water partition coefficient (Wildman–Crippen LogP) is 6.04. The number of amides is 1. The number of hydrogen-bond donors (Lipinski definition) is 2. The number of phenols is 1. The van der Waals surface area contributed by atoms with E-state index < -0.39 is 6.10 Å². The zero-order valence-electron chi connectivity index (χ0n) is 20.0. The van der Waals surface area contributed by atoms with Crippen molar-refractivity contribution in [3.63, 3.8) is 0 Å². The molecular formula is C29H25ClN2O4S. The number of aliphatic hydroxyl groups is 1. The Hall–Kier alpha value is -3.52. The number of halogens is 1. The van der Waals surface area contributed by atoms with Crippen LogP contribution in [0.25, 0.3) is 11.1 Å². The van der Waals surface area contributed by atoms with E-state index in [0.717, 1.165) is 27.9 Å². The number of aliphatic hydroxyl groups excluding tert-OH is 1. The smallest absolute Gasteiger partial charge is 0.243 e. The van der Waals surface area contributed by atoms with Gasteiger partial charge in [0, 0.05) is 28.2 Å². The standard InChI is InChI=1S/C29H25ClN2O4S/c1-36-28-24(3-2-16-31-28)18-6-12-22(13-7-18)32-26(20-8-14-23(33)15-9-20)27(29(32)35)37-17-25(34)19-4-10-21(30)11-5-19/h2-16,25-27,33-34H,17H2,1H3/t25-,26-,27-/m1/s1. The number of aromatic nitrogens is 1. The summed E-state index contributed by atoms with van der Waals surface area (Å²) in [5, 5.41) is 20.7. The molecule has 8 heteroatoms. The SMILES string of the molecule is COc1ncccc1-c1ccc(N2C(=O)[C@H](SC[C@@H](O)c3ccc(Cl)cc3)[C@H]2c2ccc(O)cc2)cc1. The topological polar surface area (TPSA) is 82.9 Å². The highest BCUT2D eigenvalue weighted by molar-refractivity contribution is 8.00. The second-order valence-corrected chi connectivity index (χ2v) is 10.3. The maximum absolute atomic E-state index is 13.4. The molecule has 1 aliphatic rings. The molecule has 2 heterocycles. The summed E-state index contributed by atoms with van der Waals surface area (Å²) in [6.07, 6.45) is 0.956. The highest BCUT2D eigenvalue weighted by Gasteiger charge is 2.49. The van der Waals surface area contributed by atoms with Crippen LogP contribution in [0.2, 0.25) is 5.02 Å². The highest BCUT2D eigenvalue weighted by Crippen LogP contribution is 2.46. The van der Waals surface area contributed by atoms with Crippen molar-refractivity contribution in [3.8, 4) is 22.8 Å². The molecule has 1 aliphatic heterocycles. The number of hydrogen-bond acceptors (Lipinski definition) is 6. The quantitative estimate of drug-likeness (QED) is 0.269. The third-order valence-corrected chi connectivity index (χ3v) is 7.97. The normalized spacial score (nSPS) is 17.8. The minimum atomic E-state index is -0.724. The molecule has 1 amide bonds. The van der Waals surface area contributed by atoms with Crippen LogP contribution in [-0.2, 0) is 4.79 Å². The van der Waals surface area contributed by atoms with Crippen LogP contribution in [0.1, 0.15) is 23.3 Å². The number of aromatic hydroxyl groups is 1. The van der Waals surface area contributed by atoms with E-state index in [1.807, 2.05) is 48.5 Å². The average molecular weight is 533 g/mol. The zero-order chi connectivity index (χ0) is 25.9. The van der Waals surface area contributed by atoms with E-state index in [1.54, 1.807) is 54.6 Å². The Morgan fingerprint density at radius 2 is 1.73 bits per heavy atom. The van der Waals surface area contributed by atoms with Gasteiger partial charge in [-0.05, 0) is 65.2 Å². The van der Waals surface area contributed by atoms with Crippen molar-refractivity contribution >= 4 is 35.0 Å². The van der Waals surface area contributed by atoms with E-state index in [2.05, 4.69) is 4.98 Å². The first-order valence-corrected chi connectivity index (χ1v) is 13.2. The number of ether oxygens (including phenoxy) is 1. The molecular weight excluding hydrogens is 508 g/mol. The van der Waals surface area contributed by atoms with E-state index in [4.69, 9.17) is 16.3 Å². The lowest BCUT2D eigenvalue weighted by Gasteiger charge is -2.47. The lowest BCUT2D eigenvalue weighted by Crippen LogP contribution is -2.57. The van der Waals surface area contributed by atoms with Crippen molar-refractivity contribution in [2.75, 3.05) is 17.8 Å². The molecule has 0 unspecified atom stereocenters. The Kier molecular flexibility index (Phi) is 7.37. The van der Waals surface area contributed by atoms with E-state index in [9.17, 15) is 15.0 Å². The van der Waals surface area contributed by atoms with Gasteiger partial charge in [0.1, 0.15) is 11.0 Å². The Morgan fingerprint density at radius 3 is 2.41 bits per heavy atom. The third kappa shape index (κ3) is 5.16. The Labute approximate surface area is 224 Å². The molecule has 4 aromatic rings. The second kappa shape index (κ2) is 10.8. The molecule has 2 N–H and O–H groups in total. The molecule has 0 bridgehead atoms. The van der Waals surface area contributed by atoms with Gasteiger partial charge in [0.15, 0.2) is 0 Å². The van der Waals surface area contributed by atoms with Gasteiger partial charge in [0.05, 0.1) is 19.3 Å². The first kappa shape index (κ1) is 25.1. The fourth-order valence-electron chi connectivity index (χ4n) is 4.46. The largest absolute Gasteiger partial charge is 0.508 e. The molecule has 1 saturated heterocycles. The Balaban J connectivity index is 1.38. The van der Waals surface area contributed by atoms with Crippen molar-refractivity contribution in [3.05, 3.63) is 107 Å². The molecule has 0 saturated carbocycles. The van der Waals surface area contributed by atoms with Crippen molar-refractivity contribution in [2.45, 2.75) is 17.4 Å². The maximum Gasteiger partial charge on any atom is 0.243 e. The summed E-state index contributed by atoms with van der Waals surface area (Å²) < 4.78 is 5.38. The van der Waals surface area contributed by atoms with Crippen molar-refractivity contribution in [1.82, 2.24) is 4.98 Å². The predicted molar refractivity (Wildman–Crippen MR) is 147 cm³/mol. The lowest BCUT2D eigenvalue weighted by molar-refractivity contribution is -0.123. The third-order valence-electron chi connectivity index (χ3n) is 6.39. The summed E-state index contributed by atoms with van der Waals surface area (Å²) in [5.74, 6) is 1.03. The molecule has 1 aromatic heterocycles. The summed E-state index contributed by atoms with van der Waals surface area (Å²) in [6.45, 7) is 0. The van der Waals surface area contributed by atoms with E-state index in [1.165, 1.54) is 11.8 Å². The number of methoxy groups -OCH3 is 1. The summed E-state index contributed by atoms with van der Waals surface area (Å²) in [4.78, 5) is 19.4. The number of thioether (sulfide) groups is 1. The number of nitrogens with zero attached hydrogens (tertiary/aromatic N) is 2. The first-order chi connectivity index (χ1) is 18.0. The molecule has 37 heavy (non-hydrogen) atoms. The van der Waals surface area contributed by atoms with Crippen molar-refractivity contribution in [2.24, 2.45) is 0 Å². The monoisotopic (exact) mass is 532 g/mol. The van der Waals surface area contributed by atoms with Crippen LogP contribution >= 0.6 is 23.4 Å². The van der Waals surface area contributed by atoms with Gasteiger partial charge in [-0.3, -0.25) is 4.79 Å². The van der Waals surface area contributed by atoms with Crippen molar-refractivity contribution < 1.29 is 19.7 Å². The number of phenolic OH excluding ortho intramolecular Hbond substituents is 1. The van der Waals surface area contributed by atoms with Crippen molar-refractivity contribution in [1.29, 1.82) is 0 Å². The van der Waals surface area contributed by atoms with Gasteiger partial charge >= 0.3 is 0 Å². The number of carbonyl (C=O) groups excluding carboxylic acids is 1. The average Bonchev–Trinajstić information content (AvgIpc) is 2.93. The molecule has 0 aliphatic carbocycles. The van der Waals surface area contributed by atoms with E-state index >= 15 is 0 Å². The Bertz CT molecular complexity index is 1380. The second-order valence-electron chi connectivity index (χ2n) is 8.67. The van der Waals surface area contributed by atoms with Crippen LogP contribution in [0, 0.1) is 0 Å². The number of pyridine rings is 1. The molecule has 3 aromatic carbocycles. The van der Waals surface area contributed by atoms with Crippen LogP contribution < -0.4 is 9.64 Å². The lowest BCUT2D eigenvalue weighted by atomic mass is 9.92. The van der Waals surface area contributed by atoms with Gasteiger partial charge in [-0.25, -0.2) is 4.98 Å². The van der Waals surface area contributed by atoms with Gasteiger partial charge in [-0.1, -0.05) is 48.0 Å². The van der Waals surface area contributed by atoms with Crippen LogP contribution in [0.5, 0.6) is 11.6 Å². The number of carbonyl (C=O) groups is 1. The highest BCUT2D eigenvalue weighted by atomic mass is 35.5. The minimum absolute atomic E-state index is 0.0295. The molecule has 0 spiro atoms. The number of anilines is 1. The first-order valence-electron chi connectivity index (χ1n) is 11.7. The fourth-order valence-corrected chi connectivity index (χ4v) is 5.88. The number of rotatable bonds is 8. The van der Waals surface area contributed by atoms with Gasteiger partial charge in [-0.15, -0.1) is 11.8 Å². The summed E-state index contributed by atoms with van der Waals surface area (Å²) >= 11 is 7.39. The fraction of sp³-hybridized carbons (Fsp3) is 0.172. The van der Waals surface area contributed by atoms with Crippen LogP contribution in [0.15, 0.2) is 91.1 Å². The Morgan fingerprint density at radius 1 is 1.03 bits per heavy atom. The molecule has 5 rings (SSSR count). The minimum Gasteiger partial charge on any atom is -0.508 e. The zero-order valence-corrected chi connectivity index (χ0v) is 21.6. The summed E-state index contributed by atoms with van der Waals surface area (Å²) in [5.41, 5.74) is 4.23. The van der Waals surface area contributed by atoms with Gasteiger partial charge in [0.2, 0.25) is 11.8 Å². The molecule has 0 radical (unpaired) electrons. The van der Waals surface area contributed by atoms with Gasteiger partial charge in [0.25, 0.3) is 0 Å². The number of β-lactam (4-membered cyclic amide) rings is 1.